The molecule has 0 saturated carbocycles. The Bertz CT molecular complexity index is 1050. The summed E-state index contributed by atoms with van der Waals surface area (Å²) in [5, 5.41) is 9.67. The number of aromatic nitrogens is 2. The molecular formula is C22H30FN7O3. The van der Waals surface area contributed by atoms with E-state index in [4.69, 9.17) is 5.73 Å². The first-order valence-corrected chi connectivity index (χ1v) is 10.7. The molecule has 4 N–H and O–H groups in total. The smallest absolute Gasteiger partial charge is 0.323 e. The van der Waals surface area contributed by atoms with E-state index >= 15 is 0 Å². The van der Waals surface area contributed by atoms with E-state index in [0.717, 1.165) is 5.69 Å². The number of nitrogens with zero attached hydrogens (tertiary/aromatic N) is 4. The molecule has 1 atom stereocenters. The molecule has 0 aliphatic carbocycles. The van der Waals surface area contributed by atoms with Crippen molar-refractivity contribution in [2.45, 2.75) is 32.4 Å². The van der Waals surface area contributed by atoms with Crippen LogP contribution in [0.15, 0.2) is 30.3 Å². The van der Waals surface area contributed by atoms with Crippen molar-refractivity contribution in [1.29, 1.82) is 0 Å². The number of carbonyl (C=O) groups excluding carboxylic acids is 3. The second-order valence-corrected chi connectivity index (χ2v) is 8.87. The van der Waals surface area contributed by atoms with E-state index in [2.05, 4.69) is 15.7 Å². The third kappa shape index (κ3) is 5.30. The number of nitrogens with one attached hydrogen (secondary N) is 2. The van der Waals surface area contributed by atoms with Gasteiger partial charge in [0.2, 0.25) is 0 Å². The lowest BCUT2D eigenvalue weighted by Crippen LogP contribution is -2.55. The number of aryl methyl sites for hydroxylation is 1. The van der Waals surface area contributed by atoms with Gasteiger partial charge in [-0.25, -0.2) is 9.18 Å². The number of rotatable bonds is 5. The number of hydrogen-bond acceptors (Lipinski definition) is 5. The maximum atomic E-state index is 13.5. The number of nitrogens with two attached hydrogens (primary N) is 1. The Labute approximate surface area is 191 Å². The predicted molar refractivity (Wildman–Crippen MR) is 121 cm³/mol. The molecule has 0 spiro atoms. The minimum atomic E-state index is -1.19. The highest BCUT2D eigenvalue weighted by atomic mass is 19.1. The quantitative estimate of drug-likeness (QED) is 0.621. The molecule has 1 aliphatic heterocycles. The van der Waals surface area contributed by atoms with Crippen molar-refractivity contribution in [3.05, 3.63) is 47.5 Å². The van der Waals surface area contributed by atoms with E-state index in [9.17, 15) is 18.8 Å². The molecule has 1 unspecified atom stereocenters. The molecule has 0 radical (unpaired) electrons. The van der Waals surface area contributed by atoms with Crippen molar-refractivity contribution < 1.29 is 18.8 Å². The van der Waals surface area contributed by atoms with Gasteiger partial charge in [-0.1, -0.05) is 26.8 Å². The van der Waals surface area contributed by atoms with Gasteiger partial charge in [0.05, 0.1) is 5.69 Å². The van der Waals surface area contributed by atoms with Crippen LogP contribution in [-0.2, 0) is 17.3 Å². The summed E-state index contributed by atoms with van der Waals surface area (Å²) < 4.78 is 15.0. The van der Waals surface area contributed by atoms with Gasteiger partial charge in [0.15, 0.2) is 6.17 Å². The third-order valence-electron chi connectivity index (χ3n) is 5.32. The minimum Gasteiger partial charge on any atom is -0.351 e. The first-order valence-electron chi connectivity index (χ1n) is 10.7. The lowest BCUT2D eigenvalue weighted by atomic mass is 9.92. The Kier molecular flexibility index (Phi) is 7.01. The summed E-state index contributed by atoms with van der Waals surface area (Å²) in [6.45, 7) is 6.63. The summed E-state index contributed by atoms with van der Waals surface area (Å²) in [5.74, 6) is -1.46. The van der Waals surface area contributed by atoms with Crippen LogP contribution < -0.4 is 16.4 Å². The zero-order valence-corrected chi connectivity index (χ0v) is 19.3. The van der Waals surface area contributed by atoms with Crippen LogP contribution in [0.4, 0.5) is 14.9 Å². The number of anilines is 1. The van der Waals surface area contributed by atoms with Crippen molar-refractivity contribution in [2.75, 3.05) is 31.5 Å². The first-order chi connectivity index (χ1) is 15.5. The van der Waals surface area contributed by atoms with Crippen LogP contribution >= 0.6 is 0 Å². The molecule has 10 nitrogen and oxygen atoms in total. The molecule has 178 valence electrons. The molecule has 1 aromatic carbocycles. The van der Waals surface area contributed by atoms with Gasteiger partial charge >= 0.3 is 6.03 Å². The van der Waals surface area contributed by atoms with Crippen molar-refractivity contribution in [1.82, 2.24) is 24.9 Å². The van der Waals surface area contributed by atoms with E-state index in [-0.39, 0.29) is 37.3 Å². The van der Waals surface area contributed by atoms with Gasteiger partial charge < -0.3 is 21.3 Å². The lowest BCUT2D eigenvalue weighted by molar-refractivity contribution is -0.127. The SMILES string of the molecule is Cn1nc(C(C)(C)C)cc1C(=O)N1CCN(C(=O)Nc2cccc(F)c2)C1C(=O)NCCN. The molecule has 11 heteroatoms. The van der Waals surface area contributed by atoms with E-state index in [0.29, 0.717) is 5.69 Å². The third-order valence-corrected chi connectivity index (χ3v) is 5.32. The van der Waals surface area contributed by atoms with Crippen molar-refractivity contribution >= 4 is 23.5 Å². The topological polar surface area (TPSA) is 126 Å². The molecule has 1 aliphatic rings. The summed E-state index contributed by atoms with van der Waals surface area (Å²) >= 11 is 0. The molecule has 1 fully saturated rings. The fourth-order valence-corrected chi connectivity index (χ4v) is 3.57. The van der Waals surface area contributed by atoms with Crippen molar-refractivity contribution in [3.63, 3.8) is 0 Å². The van der Waals surface area contributed by atoms with Crippen LogP contribution in [0, 0.1) is 5.82 Å². The van der Waals surface area contributed by atoms with Gasteiger partial charge in [0, 0.05) is 44.3 Å². The zero-order valence-electron chi connectivity index (χ0n) is 19.3. The summed E-state index contributed by atoms with van der Waals surface area (Å²) in [5.41, 5.74) is 6.52. The molecular weight excluding hydrogens is 429 g/mol. The van der Waals surface area contributed by atoms with Crippen LogP contribution in [0.1, 0.15) is 37.0 Å². The monoisotopic (exact) mass is 459 g/mol. The second-order valence-electron chi connectivity index (χ2n) is 8.87. The molecule has 1 aromatic heterocycles. The highest BCUT2D eigenvalue weighted by Crippen LogP contribution is 2.24. The van der Waals surface area contributed by atoms with Gasteiger partial charge in [-0.15, -0.1) is 0 Å². The highest BCUT2D eigenvalue weighted by Gasteiger charge is 2.43. The fourth-order valence-electron chi connectivity index (χ4n) is 3.57. The maximum absolute atomic E-state index is 13.5. The van der Waals surface area contributed by atoms with Gasteiger partial charge in [-0.05, 0) is 24.3 Å². The van der Waals surface area contributed by atoms with E-state index in [1.165, 1.54) is 38.7 Å². The maximum Gasteiger partial charge on any atom is 0.323 e. The van der Waals surface area contributed by atoms with Crippen molar-refractivity contribution in [3.8, 4) is 0 Å². The van der Waals surface area contributed by atoms with E-state index in [1.54, 1.807) is 13.1 Å². The number of urea groups is 1. The predicted octanol–water partition coefficient (Wildman–Crippen LogP) is 1.25. The number of amides is 4. The van der Waals surface area contributed by atoms with Crippen molar-refractivity contribution in [2.24, 2.45) is 12.8 Å². The van der Waals surface area contributed by atoms with Crippen LogP contribution in [-0.4, -0.2) is 69.8 Å². The Hall–Kier alpha value is -3.47. The Morgan fingerprint density at radius 3 is 2.48 bits per heavy atom. The summed E-state index contributed by atoms with van der Waals surface area (Å²) in [6.07, 6.45) is -1.19. The summed E-state index contributed by atoms with van der Waals surface area (Å²) in [4.78, 5) is 41.9. The first kappa shape index (κ1) is 24.2. The summed E-state index contributed by atoms with van der Waals surface area (Å²) in [7, 11) is 1.66. The number of benzene rings is 1. The van der Waals surface area contributed by atoms with Gasteiger partial charge in [0.1, 0.15) is 11.5 Å². The molecule has 33 heavy (non-hydrogen) atoms. The minimum absolute atomic E-state index is 0.123. The lowest BCUT2D eigenvalue weighted by Gasteiger charge is -2.29. The van der Waals surface area contributed by atoms with Crippen LogP contribution in [0.2, 0.25) is 0 Å². The Morgan fingerprint density at radius 2 is 1.88 bits per heavy atom. The van der Waals surface area contributed by atoms with Gasteiger partial charge in [0.25, 0.3) is 11.8 Å². The van der Waals surface area contributed by atoms with Gasteiger partial charge in [-0.2, -0.15) is 5.10 Å². The average molecular weight is 460 g/mol. The number of carbonyl (C=O) groups is 3. The molecule has 4 amide bonds. The van der Waals surface area contributed by atoms with Crippen LogP contribution in [0.5, 0.6) is 0 Å². The Morgan fingerprint density at radius 1 is 1.18 bits per heavy atom. The largest absolute Gasteiger partial charge is 0.351 e. The van der Waals surface area contributed by atoms with Gasteiger partial charge in [-0.3, -0.25) is 19.2 Å². The molecule has 2 heterocycles. The van der Waals surface area contributed by atoms with Crippen LogP contribution in [0.3, 0.4) is 0 Å². The second kappa shape index (κ2) is 9.57. The number of halogens is 1. The normalized spacial score (nSPS) is 16.1. The highest BCUT2D eigenvalue weighted by molar-refractivity contribution is 6.00. The molecule has 1 saturated heterocycles. The zero-order chi connectivity index (χ0) is 24.3. The molecule has 2 aromatic rings. The summed E-state index contributed by atoms with van der Waals surface area (Å²) in [6, 6.07) is 6.51. The van der Waals surface area contributed by atoms with E-state index in [1.807, 2.05) is 20.8 Å². The molecule has 3 rings (SSSR count). The van der Waals surface area contributed by atoms with E-state index < -0.39 is 29.8 Å². The number of hydrogen-bond donors (Lipinski definition) is 3. The Balaban J connectivity index is 1.88. The fraction of sp³-hybridized carbons (Fsp3) is 0.455. The molecule has 0 bridgehead atoms. The standard InChI is InChI=1S/C22H30FN7O3/c1-22(2,3)17-13-16(28(4)27-17)20(32)29-10-11-30(19(29)18(31)25-9-8-24)21(33)26-15-7-5-6-14(23)12-15/h5-7,12-13,19H,8-11,24H2,1-4H3,(H,25,31)(H,26,33). The average Bonchev–Trinajstić information content (AvgIpc) is 3.35. The van der Waals surface area contributed by atoms with Crippen LogP contribution in [0.25, 0.3) is 0 Å².